The fourth-order valence-corrected chi connectivity index (χ4v) is 2.14. The van der Waals surface area contributed by atoms with Gasteiger partial charge in [-0.2, -0.15) is 4.98 Å². The Morgan fingerprint density at radius 1 is 1.17 bits per heavy atom. The van der Waals surface area contributed by atoms with Crippen LogP contribution in [0.1, 0.15) is 0 Å². The van der Waals surface area contributed by atoms with Crippen LogP contribution in [-0.2, 0) is 0 Å². The lowest BCUT2D eigenvalue weighted by atomic mass is 10.2. The summed E-state index contributed by atoms with van der Waals surface area (Å²) in [6.45, 7) is 0.892. The molecule has 0 amide bonds. The SMILES string of the molecule is CNc1nc(NCCOc2cccc3cccnc23)ncc1F. The lowest BCUT2D eigenvalue weighted by Crippen LogP contribution is -2.14. The van der Waals surface area contributed by atoms with Crippen LogP contribution in [0.4, 0.5) is 16.2 Å². The smallest absolute Gasteiger partial charge is 0.224 e. The van der Waals surface area contributed by atoms with Crippen LogP contribution in [-0.4, -0.2) is 35.2 Å². The molecular weight excluding hydrogens is 297 g/mol. The van der Waals surface area contributed by atoms with E-state index in [9.17, 15) is 4.39 Å². The Balaban J connectivity index is 1.59. The average Bonchev–Trinajstić information content (AvgIpc) is 2.60. The standard InChI is InChI=1S/C16H16FN5O/c1-18-15-12(17)10-21-16(22-15)20-8-9-23-13-6-2-4-11-5-3-7-19-14(11)13/h2-7,10H,8-9H2,1H3,(H2,18,20,21,22). The Kier molecular flexibility index (Phi) is 4.46. The number of para-hydroxylation sites is 1. The van der Waals surface area contributed by atoms with E-state index in [1.807, 2.05) is 30.3 Å². The predicted molar refractivity (Wildman–Crippen MR) is 87.3 cm³/mol. The van der Waals surface area contributed by atoms with E-state index in [0.717, 1.165) is 22.8 Å². The first-order chi connectivity index (χ1) is 11.3. The molecule has 0 saturated carbocycles. The van der Waals surface area contributed by atoms with Crippen molar-refractivity contribution in [2.75, 3.05) is 30.8 Å². The van der Waals surface area contributed by atoms with Gasteiger partial charge in [-0.1, -0.05) is 18.2 Å². The molecule has 2 heterocycles. The summed E-state index contributed by atoms with van der Waals surface area (Å²) in [5, 5.41) is 6.68. The summed E-state index contributed by atoms with van der Waals surface area (Å²) in [6, 6.07) is 9.66. The lowest BCUT2D eigenvalue weighted by molar-refractivity contribution is 0.336. The molecule has 3 aromatic rings. The second kappa shape index (κ2) is 6.87. The maximum Gasteiger partial charge on any atom is 0.224 e. The van der Waals surface area contributed by atoms with Gasteiger partial charge >= 0.3 is 0 Å². The minimum atomic E-state index is -0.490. The molecule has 0 aliphatic rings. The Bertz CT molecular complexity index is 806. The van der Waals surface area contributed by atoms with Crippen LogP contribution in [0.3, 0.4) is 0 Å². The van der Waals surface area contributed by atoms with Crippen LogP contribution in [0.2, 0.25) is 0 Å². The van der Waals surface area contributed by atoms with Crippen molar-refractivity contribution >= 4 is 22.7 Å². The zero-order chi connectivity index (χ0) is 16.1. The normalized spacial score (nSPS) is 10.5. The third-order valence-electron chi connectivity index (χ3n) is 3.22. The number of halogens is 1. The van der Waals surface area contributed by atoms with E-state index in [1.165, 1.54) is 0 Å². The van der Waals surface area contributed by atoms with Crippen LogP contribution in [0.5, 0.6) is 5.75 Å². The third-order valence-corrected chi connectivity index (χ3v) is 3.22. The van der Waals surface area contributed by atoms with Crippen molar-refractivity contribution in [1.29, 1.82) is 0 Å². The highest BCUT2D eigenvalue weighted by Crippen LogP contribution is 2.22. The van der Waals surface area contributed by atoms with Gasteiger partial charge in [0, 0.05) is 18.6 Å². The number of nitrogens with zero attached hydrogens (tertiary/aromatic N) is 3. The second-order valence-electron chi connectivity index (χ2n) is 4.75. The lowest BCUT2D eigenvalue weighted by Gasteiger charge is -2.10. The average molecular weight is 313 g/mol. The van der Waals surface area contributed by atoms with E-state index in [0.29, 0.717) is 19.1 Å². The highest BCUT2D eigenvalue weighted by Gasteiger charge is 2.05. The quantitative estimate of drug-likeness (QED) is 0.682. The van der Waals surface area contributed by atoms with Gasteiger partial charge in [-0.05, 0) is 12.1 Å². The number of nitrogens with one attached hydrogen (secondary N) is 2. The first-order valence-electron chi connectivity index (χ1n) is 7.18. The molecule has 23 heavy (non-hydrogen) atoms. The number of fused-ring (bicyclic) bond motifs is 1. The largest absolute Gasteiger partial charge is 0.489 e. The highest BCUT2D eigenvalue weighted by molar-refractivity contribution is 5.84. The molecule has 0 atom stereocenters. The van der Waals surface area contributed by atoms with Crippen LogP contribution < -0.4 is 15.4 Å². The third kappa shape index (κ3) is 3.45. The molecule has 6 nitrogen and oxygen atoms in total. The summed E-state index contributed by atoms with van der Waals surface area (Å²) in [5.74, 6) is 0.731. The van der Waals surface area contributed by atoms with E-state index in [-0.39, 0.29) is 5.82 Å². The number of aromatic nitrogens is 3. The Morgan fingerprint density at radius 2 is 2.04 bits per heavy atom. The van der Waals surface area contributed by atoms with Crippen LogP contribution in [0.25, 0.3) is 10.9 Å². The topological polar surface area (TPSA) is 72.0 Å². The molecule has 0 bridgehead atoms. The van der Waals surface area contributed by atoms with Gasteiger partial charge < -0.3 is 15.4 Å². The van der Waals surface area contributed by atoms with E-state index >= 15 is 0 Å². The summed E-state index contributed by atoms with van der Waals surface area (Å²) >= 11 is 0. The van der Waals surface area contributed by atoms with Gasteiger partial charge in [0.2, 0.25) is 5.95 Å². The number of ether oxygens (including phenoxy) is 1. The van der Waals surface area contributed by atoms with Crippen LogP contribution >= 0.6 is 0 Å². The number of anilines is 2. The monoisotopic (exact) mass is 313 g/mol. The van der Waals surface area contributed by atoms with Gasteiger partial charge in [0.1, 0.15) is 17.9 Å². The van der Waals surface area contributed by atoms with Crippen LogP contribution in [0, 0.1) is 5.82 Å². The molecule has 2 N–H and O–H groups in total. The van der Waals surface area contributed by atoms with Gasteiger partial charge in [0.25, 0.3) is 0 Å². The molecule has 0 fully saturated rings. The molecule has 1 aromatic carbocycles. The molecule has 3 rings (SSSR count). The van der Waals surface area contributed by atoms with Crippen molar-refractivity contribution < 1.29 is 9.13 Å². The molecule has 0 spiro atoms. The van der Waals surface area contributed by atoms with E-state index in [4.69, 9.17) is 4.74 Å². The summed E-state index contributed by atoms with van der Waals surface area (Å²) < 4.78 is 19.0. The Hall–Kier alpha value is -2.96. The predicted octanol–water partition coefficient (Wildman–Crippen LogP) is 2.70. The summed E-state index contributed by atoms with van der Waals surface area (Å²) in [7, 11) is 1.60. The fourth-order valence-electron chi connectivity index (χ4n) is 2.14. The summed E-state index contributed by atoms with van der Waals surface area (Å²) in [5.41, 5.74) is 0.825. The molecule has 0 aliphatic carbocycles. The van der Waals surface area contributed by atoms with E-state index < -0.39 is 5.82 Å². The zero-order valence-corrected chi connectivity index (χ0v) is 12.6. The molecule has 118 valence electrons. The van der Waals surface area contributed by atoms with Crippen LogP contribution in [0.15, 0.2) is 42.7 Å². The molecule has 0 saturated heterocycles. The first-order valence-corrected chi connectivity index (χ1v) is 7.18. The molecule has 0 unspecified atom stereocenters. The van der Waals surface area contributed by atoms with Crippen molar-refractivity contribution in [3.8, 4) is 5.75 Å². The van der Waals surface area contributed by atoms with Gasteiger partial charge in [0.05, 0.1) is 12.7 Å². The Morgan fingerprint density at radius 3 is 2.91 bits per heavy atom. The van der Waals surface area contributed by atoms with Gasteiger partial charge in [-0.3, -0.25) is 4.98 Å². The highest BCUT2D eigenvalue weighted by atomic mass is 19.1. The molecule has 0 radical (unpaired) electrons. The molecular formula is C16H16FN5O. The number of pyridine rings is 1. The van der Waals surface area contributed by atoms with Gasteiger partial charge in [0.15, 0.2) is 11.6 Å². The van der Waals surface area contributed by atoms with Crippen molar-refractivity contribution in [2.24, 2.45) is 0 Å². The summed E-state index contributed by atoms with van der Waals surface area (Å²) in [6.07, 6.45) is 2.86. The van der Waals surface area contributed by atoms with Crippen molar-refractivity contribution in [3.05, 3.63) is 48.5 Å². The zero-order valence-electron chi connectivity index (χ0n) is 12.6. The number of hydrogen-bond donors (Lipinski definition) is 2. The Labute approximate surface area is 132 Å². The van der Waals surface area contributed by atoms with E-state index in [1.54, 1.807) is 13.2 Å². The number of benzene rings is 1. The van der Waals surface area contributed by atoms with Crippen molar-refractivity contribution in [1.82, 2.24) is 15.0 Å². The van der Waals surface area contributed by atoms with Gasteiger partial charge in [-0.15, -0.1) is 0 Å². The molecule has 2 aromatic heterocycles. The van der Waals surface area contributed by atoms with Gasteiger partial charge in [-0.25, -0.2) is 9.37 Å². The van der Waals surface area contributed by atoms with Crippen molar-refractivity contribution in [3.63, 3.8) is 0 Å². The number of hydrogen-bond acceptors (Lipinski definition) is 6. The minimum Gasteiger partial charge on any atom is -0.489 e. The number of rotatable bonds is 6. The molecule has 0 aliphatic heterocycles. The molecule has 7 heteroatoms. The maximum absolute atomic E-state index is 13.3. The van der Waals surface area contributed by atoms with E-state index in [2.05, 4.69) is 25.6 Å². The van der Waals surface area contributed by atoms with Crippen molar-refractivity contribution in [2.45, 2.75) is 0 Å². The summed E-state index contributed by atoms with van der Waals surface area (Å²) in [4.78, 5) is 12.2. The fraction of sp³-hybridized carbons (Fsp3) is 0.188. The maximum atomic E-state index is 13.3. The minimum absolute atomic E-state index is 0.154. The second-order valence-corrected chi connectivity index (χ2v) is 4.75. The first kappa shape index (κ1) is 15.0.